The smallest absolute Gasteiger partial charge is 0.303 e. The summed E-state index contributed by atoms with van der Waals surface area (Å²) in [6, 6.07) is 3.38. The lowest BCUT2D eigenvalue weighted by atomic mass is 10.1. The lowest BCUT2D eigenvalue weighted by Gasteiger charge is -2.12. The minimum absolute atomic E-state index is 0.0303. The van der Waals surface area contributed by atoms with Crippen molar-refractivity contribution in [2.45, 2.75) is 38.1 Å². The van der Waals surface area contributed by atoms with Gasteiger partial charge in [-0.05, 0) is 31.9 Å². The van der Waals surface area contributed by atoms with Gasteiger partial charge < -0.3 is 10.4 Å². The van der Waals surface area contributed by atoms with Gasteiger partial charge in [0.1, 0.15) is 11.6 Å². The number of hydrogen-bond donors (Lipinski definition) is 2. The molecule has 114 valence electrons. The van der Waals surface area contributed by atoms with Crippen molar-refractivity contribution in [2.24, 2.45) is 5.92 Å². The van der Waals surface area contributed by atoms with Gasteiger partial charge in [0.25, 0.3) is 0 Å². The van der Waals surface area contributed by atoms with Crippen molar-refractivity contribution in [3.05, 3.63) is 35.4 Å². The Morgan fingerprint density at radius 3 is 2.57 bits per heavy atom. The zero-order valence-corrected chi connectivity index (χ0v) is 11.6. The maximum Gasteiger partial charge on any atom is 0.303 e. The van der Waals surface area contributed by atoms with Gasteiger partial charge >= 0.3 is 5.97 Å². The van der Waals surface area contributed by atoms with E-state index < -0.39 is 29.4 Å². The van der Waals surface area contributed by atoms with Crippen LogP contribution in [-0.4, -0.2) is 23.0 Å². The maximum absolute atomic E-state index is 13.6. The average molecular weight is 297 g/mol. The standard InChI is InChI=1S/C15H17F2NO3/c1-8(5-6-13(19)20)18-15(21)10-7-9(10)14-11(16)3-2-4-12(14)17/h2-4,8-10H,5-7H2,1H3,(H,18,21)(H,19,20). The molecule has 6 heteroatoms. The molecule has 1 fully saturated rings. The summed E-state index contributed by atoms with van der Waals surface area (Å²) in [4.78, 5) is 22.4. The Morgan fingerprint density at radius 1 is 1.38 bits per heavy atom. The van der Waals surface area contributed by atoms with Gasteiger partial charge in [0.05, 0.1) is 0 Å². The molecule has 0 bridgehead atoms. The summed E-state index contributed by atoms with van der Waals surface area (Å²) in [5.74, 6) is -3.33. The van der Waals surface area contributed by atoms with Crippen LogP contribution in [0.15, 0.2) is 18.2 Å². The van der Waals surface area contributed by atoms with Crippen LogP contribution in [0.5, 0.6) is 0 Å². The van der Waals surface area contributed by atoms with E-state index >= 15 is 0 Å². The van der Waals surface area contributed by atoms with Crippen LogP contribution in [0.2, 0.25) is 0 Å². The third kappa shape index (κ3) is 3.77. The van der Waals surface area contributed by atoms with Gasteiger partial charge in [0.2, 0.25) is 5.91 Å². The molecule has 0 aliphatic heterocycles. The van der Waals surface area contributed by atoms with Crippen molar-refractivity contribution in [1.29, 1.82) is 0 Å². The predicted octanol–water partition coefficient (Wildman–Crippen LogP) is 2.44. The Morgan fingerprint density at radius 2 is 2.00 bits per heavy atom. The second-order valence-corrected chi connectivity index (χ2v) is 5.43. The molecule has 3 atom stereocenters. The number of aliphatic carboxylic acids is 1. The van der Waals surface area contributed by atoms with Crippen molar-refractivity contribution in [3.8, 4) is 0 Å². The summed E-state index contributed by atoms with van der Waals surface area (Å²) in [6.07, 6.45) is 0.708. The third-order valence-corrected chi connectivity index (χ3v) is 3.68. The number of nitrogens with one attached hydrogen (secondary N) is 1. The zero-order valence-electron chi connectivity index (χ0n) is 11.6. The summed E-state index contributed by atoms with van der Waals surface area (Å²) in [6.45, 7) is 1.71. The molecular weight excluding hydrogens is 280 g/mol. The molecule has 0 spiro atoms. The highest BCUT2D eigenvalue weighted by atomic mass is 19.1. The van der Waals surface area contributed by atoms with Gasteiger partial charge in [0.15, 0.2) is 0 Å². The van der Waals surface area contributed by atoms with Crippen LogP contribution in [0.4, 0.5) is 8.78 Å². The summed E-state index contributed by atoms with van der Waals surface area (Å²) in [5.41, 5.74) is -0.0316. The average Bonchev–Trinajstić information content (AvgIpc) is 3.16. The molecule has 1 aliphatic rings. The molecule has 1 saturated carbocycles. The first kappa shape index (κ1) is 15.4. The predicted molar refractivity (Wildman–Crippen MR) is 71.7 cm³/mol. The Bertz CT molecular complexity index is 542. The van der Waals surface area contributed by atoms with E-state index in [0.29, 0.717) is 12.8 Å². The number of hydrogen-bond acceptors (Lipinski definition) is 2. The second-order valence-electron chi connectivity index (χ2n) is 5.43. The normalized spacial score (nSPS) is 21.7. The third-order valence-electron chi connectivity index (χ3n) is 3.68. The Kier molecular flexibility index (Phi) is 4.55. The monoisotopic (exact) mass is 297 g/mol. The van der Waals surface area contributed by atoms with Crippen molar-refractivity contribution in [3.63, 3.8) is 0 Å². The second kappa shape index (κ2) is 6.20. The van der Waals surface area contributed by atoms with Crippen molar-refractivity contribution >= 4 is 11.9 Å². The molecule has 2 rings (SSSR count). The molecule has 21 heavy (non-hydrogen) atoms. The van der Waals surface area contributed by atoms with E-state index in [1.165, 1.54) is 18.2 Å². The number of rotatable bonds is 6. The number of carboxylic acid groups (broad SMARTS) is 1. The minimum Gasteiger partial charge on any atom is -0.481 e. The summed E-state index contributed by atoms with van der Waals surface area (Å²) in [7, 11) is 0. The molecular formula is C15H17F2NO3. The van der Waals surface area contributed by atoms with Crippen LogP contribution in [0.1, 0.15) is 37.7 Å². The van der Waals surface area contributed by atoms with E-state index in [1.807, 2.05) is 0 Å². The molecule has 1 aliphatic carbocycles. The Hall–Kier alpha value is -1.98. The fraction of sp³-hybridized carbons (Fsp3) is 0.467. The summed E-state index contributed by atoms with van der Waals surface area (Å²) >= 11 is 0. The number of amides is 1. The molecule has 1 aromatic carbocycles. The van der Waals surface area contributed by atoms with Gasteiger partial charge in [-0.15, -0.1) is 0 Å². The number of carbonyl (C=O) groups excluding carboxylic acids is 1. The highest BCUT2D eigenvalue weighted by Crippen LogP contribution is 2.49. The highest BCUT2D eigenvalue weighted by Gasteiger charge is 2.46. The SMILES string of the molecule is CC(CCC(=O)O)NC(=O)C1CC1c1c(F)cccc1F. The highest BCUT2D eigenvalue weighted by molar-refractivity contribution is 5.83. The Balaban J connectivity index is 1.91. The van der Waals surface area contributed by atoms with E-state index in [1.54, 1.807) is 6.92 Å². The van der Waals surface area contributed by atoms with Gasteiger partial charge in [-0.1, -0.05) is 6.07 Å². The fourth-order valence-corrected chi connectivity index (χ4v) is 2.43. The van der Waals surface area contributed by atoms with Crippen LogP contribution >= 0.6 is 0 Å². The van der Waals surface area contributed by atoms with Crippen LogP contribution in [0.3, 0.4) is 0 Å². The van der Waals surface area contributed by atoms with Gasteiger partial charge in [-0.3, -0.25) is 9.59 Å². The number of benzene rings is 1. The van der Waals surface area contributed by atoms with Crippen molar-refractivity contribution < 1.29 is 23.5 Å². The van der Waals surface area contributed by atoms with E-state index in [0.717, 1.165) is 0 Å². The lowest BCUT2D eigenvalue weighted by molar-refractivity contribution is -0.137. The summed E-state index contributed by atoms with van der Waals surface area (Å²) in [5, 5.41) is 11.3. The molecule has 3 unspecified atom stereocenters. The quantitative estimate of drug-likeness (QED) is 0.847. The van der Waals surface area contributed by atoms with E-state index in [9.17, 15) is 18.4 Å². The number of halogens is 2. The first-order chi connectivity index (χ1) is 9.90. The topological polar surface area (TPSA) is 66.4 Å². The molecule has 0 aromatic heterocycles. The molecule has 2 N–H and O–H groups in total. The van der Waals surface area contributed by atoms with Crippen LogP contribution in [-0.2, 0) is 9.59 Å². The number of carboxylic acids is 1. The number of carbonyl (C=O) groups is 2. The van der Waals surface area contributed by atoms with Gasteiger partial charge in [-0.25, -0.2) is 8.78 Å². The molecule has 1 amide bonds. The molecule has 0 heterocycles. The first-order valence-electron chi connectivity index (χ1n) is 6.86. The van der Waals surface area contributed by atoms with Gasteiger partial charge in [0, 0.05) is 29.9 Å². The van der Waals surface area contributed by atoms with Crippen LogP contribution in [0.25, 0.3) is 0 Å². The minimum atomic E-state index is -0.922. The summed E-state index contributed by atoms with van der Waals surface area (Å²) < 4.78 is 27.2. The molecule has 0 saturated heterocycles. The lowest BCUT2D eigenvalue weighted by Crippen LogP contribution is -2.34. The maximum atomic E-state index is 13.6. The first-order valence-corrected chi connectivity index (χ1v) is 6.86. The van der Waals surface area contributed by atoms with Crippen molar-refractivity contribution in [1.82, 2.24) is 5.32 Å². The van der Waals surface area contributed by atoms with E-state index in [4.69, 9.17) is 5.11 Å². The Labute approximate surface area is 121 Å². The van der Waals surface area contributed by atoms with Crippen LogP contribution < -0.4 is 5.32 Å². The van der Waals surface area contributed by atoms with Crippen LogP contribution in [0, 0.1) is 17.6 Å². The van der Waals surface area contributed by atoms with E-state index in [-0.39, 0.29) is 23.9 Å². The largest absolute Gasteiger partial charge is 0.481 e. The zero-order chi connectivity index (χ0) is 15.6. The fourth-order valence-electron chi connectivity index (χ4n) is 2.43. The molecule has 1 aromatic rings. The van der Waals surface area contributed by atoms with Crippen molar-refractivity contribution in [2.75, 3.05) is 0 Å². The molecule has 4 nitrogen and oxygen atoms in total. The molecule has 0 radical (unpaired) electrons. The van der Waals surface area contributed by atoms with Gasteiger partial charge in [-0.2, -0.15) is 0 Å². The van der Waals surface area contributed by atoms with E-state index in [2.05, 4.69) is 5.32 Å².